The fourth-order valence-electron chi connectivity index (χ4n) is 3.30. The molecule has 1 aromatic carbocycles. The maximum Gasteiger partial charge on any atom is 0.514 e. The molecule has 0 saturated carbocycles. The van der Waals surface area contributed by atoms with E-state index in [1.165, 1.54) is 11.3 Å². The summed E-state index contributed by atoms with van der Waals surface area (Å²) in [5.74, 6) is 0.368. The number of aromatic amines is 1. The van der Waals surface area contributed by atoms with Crippen molar-refractivity contribution >= 4 is 39.6 Å². The van der Waals surface area contributed by atoms with Gasteiger partial charge in [-0.25, -0.2) is 14.6 Å². The van der Waals surface area contributed by atoms with Crippen LogP contribution in [0.1, 0.15) is 58.8 Å². The number of thiazole rings is 1. The van der Waals surface area contributed by atoms with E-state index in [1.54, 1.807) is 32.9 Å². The molecule has 0 aliphatic rings. The molecule has 1 amide bonds. The number of nitrogens with zero attached hydrogens (tertiary/aromatic N) is 2. The molecule has 10 heteroatoms. The predicted octanol–water partition coefficient (Wildman–Crippen LogP) is 5.81. The number of amides is 1. The summed E-state index contributed by atoms with van der Waals surface area (Å²) < 4.78 is 16.1. The summed E-state index contributed by atoms with van der Waals surface area (Å²) in [7, 11) is 3.84. The molecule has 0 fully saturated rings. The fourth-order valence-corrected chi connectivity index (χ4v) is 4.11. The van der Waals surface area contributed by atoms with E-state index < -0.39 is 29.5 Å². The molecule has 2 aromatic heterocycles. The molecule has 3 rings (SSSR count). The van der Waals surface area contributed by atoms with E-state index in [4.69, 9.17) is 14.2 Å². The molecule has 0 spiro atoms. The summed E-state index contributed by atoms with van der Waals surface area (Å²) in [6, 6.07) is 4.89. The Morgan fingerprint density at radius 1 is 1.11 bits per heavy atom. The SMILES string of the molecule is CN(C)c1nc(C(Cc2c[nH]c3ccc(OC(=O)OC(C)(C)C)cc23)NC(=O)OC(C)(C)C)cs1. The number of benzene rings is 1. The Morgan fingerprint density at radius 3 is 2.40 bits per heavy atom. The highest BCUT2D eigenvalue weighted by Crippen LogP contribution is 2.30. The van der Waals surface area contributed by atoms with Crippen LogP contribution in [-0.2, 0) is 15.9 Å². The second kappa shape index (κ2) is 10.2. The van der Waals surface area contributed by atoms with Gasteiger partial charge in [-0.05, 0) is 65.3 Å². The topological polar surface area (TPSA) is 106 Å². The van der Waals surface area contributed by atoms with Crippen molar-refractivity contribution in [1.82, 2.24) is 15.3 Å². The van der Waals surface area contributed by atoms with Gasteiger partial charge in [0.15, 0.2) is 5.13 Å². The second-order valence-corrected chi connectivity index (χ2v) is 11.3. The largest absolute Gasteiger partial charge is 0.514 e. The molecular formula is C25H34N4O5S. The summed E-state index contributed by atoms with van der Waals surface area (Å²) in [4.78, 5) is 34.6. The van der Waals surface area contributed by atoms with E-state index >= 15 is 0 Å². The summed E-state index contributed by atoms with van der Waals surface area (Å²) >= 11 is 1.50. The van der Waals surface area contributed by atoms with Crippen LogP contribution in [0.2, 0.25) is 0 Å². The fraction of sp³-hybridized carbons (Fsp3) is 0.480. The van der Waals surface area contributed by atoms with Crippen molar-refractivity contribution in [2.24, 2.45) is 0 Å². The van der Waals surface area contributed by atoms with Gasteiger partial charge in [-0.15, -0.1) is 11.3 Å². The minimum atomic E-state index is -0.767. The van der Waals surface area contributed by atoms with Crippen LogP contribution in [0, 0.1) is 0 Å². The van der Waals surface area contributed by atoms with Gasteiger partial charge in [-0.3, -0.25) is 0 Å². The molecule has 0 saturated heterocycles. The molecular weight excluding hydrogens is 468 g/mol. The zero-order chi connectivity index (χ0) is 26.0. The van der Waals surface area contributed by atoms with E-state index in [0.717, 1.165) is 27.3 Å². The lowest BCUT2D eigenvalue weighted by atomic mass is 10.0. The molecule has 190 valence electrons. The van der Waals surface area contributed by atoms with Crippen LogP contribution in [0.25, 0.3) is 10.9 Å². The highest BCUT2D eigenvalue weighted by Gasteiger charge is 2.24. The van der Waals surface area contributed by atoms with Crippen LogP contribution in [0.4, 0.5) is 14.7 Å². The highest BCUT2D eigenvalue weighted by atomic mass is 32.1. The molecule has 0 aliphatic heterocycles. The molecule has 2 heterocycles. The van der Waals surface area contributed by atoms with Crippen molar-refractivity contribution in [3.05, 3.63) is 41.0 Å². The molecule has 2 N–H and O–H groups in total. The smallest absolute Gasteiger partial charge is 0.444 e. The van der Waals surface area contributed by atoms with Crippen LogP contribution in [0.15, 0.2) is 29.8 Å². The standard InChI is InChI=1S/C25H34N4O5S/c1-24(2,3)33-22(30)28-19(20-14-35-21(27-20)29(7)8)11-15-13-26-18-10-9-16(12-17(15)18)32-23(31)34-25(4,5)6/h9-10,12-14,19,26H,11H2,1-8H3,(H,28,30). The van der Waals surface area contributed by atoms with Gasteiger partial charge in [0.1, 0.15) is 17.0 Å². The molecule has 1 atom stereocenters. The number of carbonyl (C=O) groups is 2. The van der Waals surface area contributed by atoms with Crippen molar-refractivity contribution in [3.8, 4) is 5.75 Å². The van der Waals surface area contributed by atoms with Gasteiger partial charge in [0, 0.05) is 43.0 Å². The predicted molar refractivity (Wildman–Crippen MR) is 137 cm³/mol. The van der Waals surface area contributed by atoms with Crippen LogP contribution < -0.4 is 15.0 Å². The molecule has 0 radical (unpaired) electrons. The Bertz CT molecular complexity index is 1190. The summed E-state index contributed by atoms with van der Waals surface area (Å²) in [6.07, 6.45) is 1.05. The number of nitrogens with one attached hydrogen (secondary N) is 2. The number of hydrogen-bond donors (Lipinski definition) is 2. The van der Waals surface area contributed by atoms with Gasteiger partial charge < -0.3 is 29.4 Å². The first-order valence-corrected chi connectivity index (χ1v) is 12.2. The lowest BCUT2D eigenvalue weighted by molar-refractivity contribution is 0.0206. The average Bonchev–Trinajstić information content (AvgIpc) is 3.32. The molecule has 9 nitrogen and oxygen atoms in total. The number of H-pyrrole nitrogens is 1. The first-order chi connectivity index (χ1) is 16.2. The molecule has 0 bridgehead atoms. The minimum absolute atomic E-state index is 0.368. The number of rotatable bonds is 6. The van der Waals surface area contributed by atoms with Gasteiger partial charge in [0.25, 0.3) is 0 Å². The van der Waals surface area contributed by atoms with Gasteiger partial charge >= 0.3 is 12.2 Å². The third kappa shape index (κ3) is 7.61. The molecule has 1 unspecified atom stereocenters. The highest BCUT2D eigenvalue weighted by molar-refractivity contribution is 7.13. The summed E-state index contributed by atoms with van der Waals surface area (Å²) in [6.45, 7) is 10.8. The monoisotopic (exact) mass is 502 g/mol. The average molecular weight is 503 g/mol. The number of anilines is 1. The van der Waals surface area contributed by atoms with Crippen molar-refractivity contribution in [3.63, 3.8) is 0 Å². The maximum absolute atomic E-state index is 12.6. The van der Waals surface area contributed by atoms with E-state index in [0.29, 0.717) is 12.2 Å². The van der Waals surface area contributed by atoms with Gasteiger partial charge in [0.05, 0.1) is 11.7 Å². The number of carbonyl (C=O) groups excluding carboxylic acids is 2. The normalized spacial score (nSPS) is 12.8. The maximum atomic E-state index is 12.6. The molecule has 3 aromatic rings. The Morgan fingerprint density at radius 2 is 1.80 bits per heavy atom. The summed E-state index contributed by atoms with van der Waals surface area (Å²) in [5.41, 5.74) is 1.26. The third-order valence-corrected chi connectivity index (χ3v) is 5.72. The van der Waals surface area contributed by atoms with Crippen LogP contribution >= 0.6 is 11.3 Å². The zero-order valence-electron chi connectivity index (χ0n) is 21.5. The minimum Gasteiger partial charge on any atom is -0.444 e. The zero-order valence-corrected chi connectivity index (χ0v) is 22.3. The van der Waals surface area contributed by atoms with Gasteiger partial charge in [-0.2, -0.15) is 0 Å². The number of alkyl carbamates (subject to hydrolysis) is 1. The van der Waals surface area contributed by atoms with Crippen LogP contribution in [0.5, 0.6) is 5.75 Å². The summed E-state index contributed by atoms with van der Waals surface area (Å²) in [5, 5.41) is 6.60. The molecule has 0 aliphatic carbocycles. The van der Waals surface area contributed by atoms with Crippen molar-refractivity contribution in [2.75, 3.05) is 19.0 Å². The lowest BCUT2D eigenvalue weighted by Gasteiger charge is -2.23. The Hall–Kier alpha value is -3.27. The first kappa shape index (κ1) is 26.3. The van der Waals surface area contributed by atoms with Crippen molar-refractivity contribution in [1.29, 1.82) is 0 Å². The Labute approximate surface area is 209 Å². The van der Waals surface area contributed by atoms with Crippen molar-refractivity contribution < 1.29 is 23.8 Å². The van der Waals surface area contributed by atoms with Crippen molar-refractivity contribution in [2.45, 2.75) is 65.2 Å². The van der Waals surface area contributed by atoms with Gasteiger partial charge in [-0.1, -0.05) is 0 Å². The van der Waals surface area contributed by atoms with E-state index in [9.17, 15) is 9.59 Å². The quantitative estimate of drug-likeness (QED) is 0.323. The number of ether oxygens (including phenoxy) is 3. The van der Waals surface area contributed by atoms with Crippen LogP contribution in [0.3, 0.4) is 0 Å². The van der Waals surface area contributed by atoms with Gasteiger partial charge in [0.2, 0.25) is 0 Å². The third-order valence-electron chi connectivity index (χ3n) is 4.69. The Kier molecular flexibility index (Phi) is 7.64. The van der Waals surface area contributed by atoms with E-state index in [-0.39, 0.29) is 0 Å². The lowest BCUT2D eigenvalue weighted by Crippen LogP contribution is -2.36. The Balaban J connectivity index is 1.87. The van der Waals surface area contributed by atoms with E-state index in [1.807, 2.05) is 57.4 Å². The number of aromatic nitrogens is 2. The first-order valence-electron chi connectivity index (χ1n) is 11.3. The van der Waals surface area contributed by atoms with E-state index in [2.05, 4.69) is 15.3 Å². The molecule has 35 heavy (non-hydrogen) atoms. The number of fused-ring (bicyclic) bond motifs is 1. The number of hydrogen-bond acceptors (Lipinski definition) is 8. The second-order valence-electron chi connectivity index (χ2n) is 10.4. The van der Waals surface area contributed by atoms with Crippen LogP contribution in [-0.4, -0.2) is 47.5 Å².